The van der Waals surface area contributed by atoms with E-state index in [-0.39, 0.29) is 5.78 Å². The fraction of sp³-hybridized carbons (Fsp3) is 0. The minimum atomic E-state index is -0.0789. The Labute approximate surface area is 120 Å². The number of pyridine rings is 1. The van der Waals surface area contributed by atoms with Gasteiger partial charge < -0.3 is 4.40 Å². The normalized spacial score (nSPS) is 10.8. The Hall–Kier alpha value is -1.77. The first kappa shape index (κ1) is 12.3. The molecule has 2 nitrogen and oxygen atoms in total. The van der Waals surface area contributed by atoms with Crippen LogP contribution in [0.1, 0.15) is 16.1 Å². The summed E-state index contributed by atoms with van der Waals surface area (Å²) in [5, 5.41) is 0.826. The van der Waals surface area contributed by atoms with E-state index < -0.39 is 0 Å². The summed E-state index contributed by atoms with van der Waals surface area (Å²) in [5.41, 5.74) is 2.11. The predicted octanol–water partition coefficient (Wildman–Crippen LogP) is 4.48. The van der Waals surface area contributed by atoms with Crippen molar-refractivity contribution in [1.29, 1.82) is 0 Å². The zero-order chi connectivity index (χ0) is 13.4. The molecule has 0 atom stereocenters. The van der Waals surface area contributed by atoms with Crippen molar-refractivity contribution in [2.45, 2.75) is 0 Å². The number of rotatable bonds is 2. The van der Waals surface area contributed by atoms with Gasteiger partial charge in [-0.3, -0.25) is 4.79 Å². The van der Waals surface area contributed by atoms with E-state index in [2.05, 4.69) is 0 Å². The molecule has 0 radical (unpaired) electrons. The van der Waals surface area contributed by atoms with E-state index in [9.17, 15) is 4.79 Å². The number of nitrogens with zero attached hydrogens (tertiary/aromatic N) is 1. The van der Waals surface area contributed by atoms with Crippen LogP contribution in [-0.2, 0) is 0 Å². The van der Waals surface area contributed by atoms with Crippen LogP contribution in [0.25, 0.3) is 5.52 Å². The fourth-order valence-corrected chi connectivity index (χ4v) is 2.32. The van der Waals surface area contributed by atoms with E-state index in [0.29, 0.717) is 21.3 Å². The summed E-state index contributed by atoms with van der Waals surface area (Å²) in [4.78, 5) is 12.5. The fourth-order valence-electron chi connectivity index (χ4n) is 2.03. The minimum Gasteiger partial charge on any atom is -0.314 e. The summed E-state index contributed by atoms with van der Waals surface area (Å²) in [6.45, 7) is 0. The van der Waals surface area contributed by atoms with Crippen molar-refractivity contribution in [1.82, 2.24) is 4.40 Å². The Morgan fingerprint density at radius 3 is 2.58 bits per heavy atom. The third-order valence-electron chi connectivity index (χ3n) is 2.98. The molecule has 94 valence electrons. The topological polar surface area (TPSA) is 21.5 Å². The molecule has 0 bridgehead atoms. The van der Waals surface area contributed by atoms with E-state index in [1.807, 2.05) is 34.9 Å². The van der Waals surface area contributed by atoms with Gasteiger partial charge in [0.15, 0.2) is 0 Å². The van der Waals surface area contributed by atoms with Gasteiger partial charge in [0, 0.05) is 17.3 Å². The average Bonchev–Trinajstić information content (AvgIpc) is 2.85. The van der Waals surface area contributed by atoms with Gasteiger partial charge in [-0.1, -0.05) is 29.3 Å². The molecule has 0 amide bonds. The molecule has 4 heteroatoms. The summed E-state index contributed by atoms with van der Waals surface area (Å²) in [5.74, 6) is -0.0789. The van der Waals surface area contributed by atoms with Gasteiger partial charge >= 0.3 is 0 Å². The van der Waals surface area contributed by atoms with E-state index in [4.69, 9.17) is 23.2 Å². The Bertz CT molecular complexity index is 777. The predicted molar refractivity (Wildman–Crippen MR) is 77.3 cm³/mol. The van der Waals surface area contributed by atoms with Crippen molar-refractivity contribution in [2.75, 3.05) is 0 Å². The molecule has 0 aliphatic heterocycles. The first-order valence-corrected chi connectivity index (χ1v) is 6.48. The lowest BCUT2D eigenvalue weighted by molar-refractivity contribution is 0.103. The lowest BCUT2D eigenvalue weighted by Gasteiger charge is -2.04. The summed E-state index contributed by atoms with van der Waals surface area (Å²) in [6.07, 6.45) is 1.86. The second kappa shape index (κ2) is 4.72. The van der Waals surface area contributed by atoms with Gasteiger partial charge in [0.1, 0.15) is 0 Å². The number of carbonyl (C=O) groups excluding carboxylic acids is 1. The summed E-state index contributed by atoms with van der Waals surface area (Å²) < 4.78 is 1.85. The molecule has 0 saturated heterocycles. The first-order chi connectivity index (χ1) is 9.16. The molecule has 2 aromatic heterocycles. The highest BCUT2D eigenvalue weighted by Gasteiger charge is 2.14. The molecule has 0 saturated carbocycles. The molecule has 0 aliphatic rings. The maximum Gasteiger partial charge on any atom is 0.209 e. The minimum absolute atomic E-state index is 0.0789. The third kappa shape index (κ3) is 2.14. The van der Waals surface area contributed by atoms with Crippen LogP contribution >= 0.6 is 23.2 Å². The lowest BCUT2D eigenvalue weighted by atomic mass is 10.1. The Kier molecular flexibility index (Phi) is 3.05. The smallest absolute Gasteiger partial charge is 0.209 e. The molecule has 3 aromatic rings. The average molecular weight is 290 g/mol. The highest BCUT2D eigenvalue weighted by Crippen LogP contribution is 2.24. The van der Waals surface area contributed by atoms with Gasteiger partial charge in [-0.25, -0.2) is 0 Å². The lowest BCUT2D eigenvalue weighted by Crippen LogP contribution is -2.04. The molecule has 0 aliphatic carbocycles. The summed E-state index contributed by atoms with van der Waals surface area (Å²) in [7, 11) is 0. The summed E-state index contributed by atoms with van der Waals surface area (Å²) >= 11 is 11.8. The van der Waals surface area contributed by atoms with E-state index in [1.165, 1.54) is 0 Å². The zero-order valence-electron chi connectivity index (χ0n) is 9.81. The highest BCUT2D eigenvalue weighted by atomic mass is 35.5. The van der Waals surface area contributed by atoms with Crippen LogP contribution in [0, 0.1) is 0 Å². The molecule has 0 fully saturated rings. The van der Waals surface area contributed by atoms with Crippen molar-refractivity contribution in [3.63, 3.8) is 0 Å². The largest absolute Gasteiger partial charge is 0.314 e. The second-order valence-electron chi connectivity index (χ2n) is 4.17. The third-order valence-corrected chi connectivity index (χ3v) is 3.72. The molecule has 0 N–H and O–H groups in total. The number of hydrogen-bond acceptors (Lipinski definition) is 1. The zero-order valence-corrected chi connectivity index (χ0v) is 11.3. The van der Waals surface area contributed by atoms with E-state index in [1.54, 1.807) is 24.3 Å². The number of ketones is 1. The van der Waals surface area contributed by atoms with Crippen molar-refractivity contribution in [3.05, 3.63) is 76.0 Å². The van der Waals surface area contributed by atoms with Crippen LogP contribution in [0.5, 0.6) is 0 Å². The van der Waals surface area contributed by atoms with Crippen molar-refractivity contribution in [2.24, 2.45) is 0 Å². The highest BCUT2D eigenvalue weighted by molar-refractivity contribution is 6.42. The summed E-state index contributed by atoms with van der Waals surface area (Å²) in [6, 6.07) is 14.4. The van der Waals surface area contributed by atoms with E-state index in [0.717, 1.165) is 5.52 Å². The molecule has 0 unspecified atom stereocenters. The van der Waals surface area contributed by atoms with Gasteiger partial charge in [0.2, 0.25) is 5.78 Å². The van der Waals surface area contributed by atoms with Gasteiger partial charge in [0.25, 0.3) is 0 Å². The van der Waals surface area contributed by atoms with Crippen LogP contribution in [0.15, 0.2) is 54.7 Å². The molecule has 19 heavy (non-hydrogen) atoms. The van der Waals surface area contributed by atoms with Crippen molar-refractivity contribution < 1.29 is 4.79 Å². The second-order valence-corrected chi connectivity index (χ2v) is 4.99. The standard InChI is InChI=1S/C15H9Cl2NO/c16-12-6-4-10(9-13(12)17)15(19)14-7-5-11-3-1-2-8-18(11)14/h1-9H. The number of aromatic nitrogens is 1. The maximum atomic E-state index is 12.5. The molecular weight excluding hydrogens is 281 g/mol. The van der Waals surface area contributed by atoms with Crippen LogP contribution < -0.4 is 0 Å². The molecular formula is C15H9Cl2NO. The van der Waals surface area contributed by atoms with Gasteiger partial charge in [-0.05, 0) is 42.5 Å². The Morgan fingerprint density at radius 1 is 0.947 bits per heavy atom. The van der Waals surface area contributed by atoms with Gasteiger partial charge in [-0.15, -0.1) is 0 Å². The molecule has 1 aromatic carbocycles. The van der Waals surface area contributed by atoms with Crippen molar-refractivity contribution in [3.8, 4) is 0 Å². The van der Waals surface area contributed by atoms with E-state index >= 15 is 0 Å². The Balaban J connectivity index is 2.11. The van der Waals surface area contributed by atoms with Crippen LogP contribution in [0.3, 0.4) is 0 Å². The van der Waals surface area contributed by atoms with Gasteiger partial charge in [0.05, 0.1) is 15.7 Å². The van der Waals surface area contributed by atoms with Gasteiger partial charge in [-0.2, -0.15) is 0 Å². The molecule has 3 rings (SSSR count). The maximum absolute atomic E-state index is 12.5. The monoisotopic (exact) mass is 289 g/mol. The molecule has 0 spiro atoms. The van der Waals surface area contributed by atoms with Crippen LogP contribution in [0.2, 0.25) is 10.0 Å². The number of halogens is 2. The number of hydrogen-bond donors (Lipinski definition) is 0. The quantitative estimate of drug-likeness (QED) is 0.638. The SMILES string of the molecule is O=C(c1ccc(Cl)c(Cl)c1)c1ccc2ccccn12. The molecule has 2 heterocycles. The number of carbonyl (C=O) groups is 1. The van der Waals surface area contributed by atoms with Crippen molar-refractivity contribution >= 4 is 34.5 Å². The number of fused-ring (bicyclic) bond motifs is 1. The Morgan fingerprint density at radius 2 is 1.79 bits per heavy atom. The number of benzene rings is 1. The van der Waals surface area contributed by atoms with Crippen LogP contribution in [-0.4, -0.2) is 10.2 Å². The van der Waals surface area contributed by atoms with Crippen LogP contribution in [0.4, 0.5) is 0 Å². The first-order valence-electron chi connectivity index (χ1n) is 5.72.